The van der Waals surface area contributed by atoms with Crippen LogP contribution in [-0.4, -0.2) is 20.2 Å². The van der Waals surface area contributed by atoms with E-state index in [1.807, 2.05) is 10.7 Å². The van der Waals surface area contributed by atoms with Crippen molar-refractivity contribution < 1.29 is 0 Å². The number of benzene rings is 1. The second kappa shape index (κ2) is 3.66. The molecule has 0 unspecified atom stereocenters. The monoisotopic (exact) mass is 278 g/mol. The van der Waals surface area contributed by atoms with Crippen molar-refractivity contribution in [3.63, 3.8) is 0 Å². The number of hydrogen-bond donors (Lipinski definition) is 0. The highest BCUT2D eigenvalue weighted by Crippen LogP contribution is 2.39. The van der Waals surface area contributed by atoms with E-state index in [1.54, 1.807) is 0 Å². The normalized spacial score (nSPS) is 15.4. The summed E-state index contributed by atoms with van der Waals surface area (Å²) in [5, 5.41) is 11.9. The van der Waals surface area contributed by atoms with Crippen molar-refractivity contribution in [3.8, 4) is 5.69 Å². The highest BCUT2D eigenvalue weighted by molar-refractivity contribution is 9.10. The van der Waals surface area contributed by atoms with Crippen molar-refractivity contribution in [1.29, 1.82) is 0 Å². The molecule has 1 aromatic carbocycles. The molecule has 0 amide bonds. The molecule has 82 valence electrons. The lowest BCUT2D eigenvalue weighted by molar-refractivity contribution is 0.760. The van der Waals surface area contributed by atoms with E-state index in [4.69, 9.17) is 0 Å². The molecule has 0 N–H and O–H groups in total. The summed E-state index contributed by atoms with van der Waals surface area (Å²) in [4.78, 5) is 0. The van der Waals surface area contributed by atoms with Crippen LogP contribution in [0.25, 0.3) is 5.69 Å². The van der Waals surface area contributed by atoms with Crippen LogP contribution in [0.4, 0.5) is 0 Å². The predicted octanol–water partition coefficient (Wildman–Crippen LogP) is 2.61. The van der Waals surface area contributed by atoms with E-state index < -0.39 is 0 Å². The average molecular weight is 279 g/mol. The van der Waals surface area contributed by atoms with E-state index in [0.717, 1.165) is 16.0 Å². The van der Waals surface area contributed by atoms with Gasteiger partial charge >= 0.3 is 0 Å². The molecule has 1 aliphatic rings. The van der Waals surface area contributed by atoms with Gasteiger partial charge in [-0.2, -0.15) is 4.68 Å². The summed E-state index contributed by atoms with van der Waals surface area (Å²) in [6.07, 6.45) is 2.40. The molecule has 0 bridgehead atoms. The Morgan fingerprint density at radius 3 is 2.88 bits per heavy atom. The van der Waals surface area contributed by atoms with Gasteiger partial charge in [-0.3, -0.25) is 0 Å². The summed E-state index contributed by atoms with van der Waals surface area (Å²) in [6, 6.07) is 6.19. The van der Waals surface area contributed by atoms with Crippen molar-refractivity contribution >= 4 is 15.9 Å². The molecule has 16 heavy (non-hydrogen) atoms. The van der Waals surface area contributed by atoms with Crippen LogP contribution in [0.3, 0.4) is 0 Å². The average Bonchev–Trinajstić information content (AvgIpc) is 2.98. The molecule has 0 atom stereocenters. The number of hydrogen-bond acceptors (Lipinski definition) is 3. The van der Waals surface area contributed by atoms with Crippen LogP contribution < -0.4 is 0 Å². The standard InChI is InChI=1S/C11H11BrN4/c1-7-2-5-10(9(12)6-7)16-11(8-3-4-8)13-14-15-16/h2,5-6,8H,3-4H2,1H3. The number of nitrogens with zero attached hydrogens (tertiary/aromatic N) is 4. The van der Waals surface area contributed by atoms with E-state index in [-0.39, 0.29) is 0 Å². The number of tetrazole rings is 1. The zero-order chi connectivity index (χ0) is 11.1. The van der Waals surface area contributed by atoms with Gasteiger partial charge in [0.1, 0.15) is 0 Å². The van der Waals surface area contributed by atoms with Gasteiger partial charge in [0.15, 0.2) is 5.82 Å². The van der Waals surface area contributed by atoms with Gasteiger partial charge in [0.05, 0.1) is 5.69 Å². The third-order valence-electron chi connectivity index (χ3n) is 2.77. The van der Waals surface area contributed by atoms with Crippen molar-refractivity contribution in [2.75, 3.05) is 0 Å². The van der Waals surface area contributed by atoms with E-state index in [0.29, 0.717) is 5.92 Å². The first-order valence-electron chi connectivity index (χ1n) is 5.30. The van der Waals surface area contributed by atoms with Crippen molar-refractivity contribution in [2.45, 2.75) is 25.7 Å². The summed E-state index contributed by atoms with van der Waals surface area (Å²) >= 11 is 3.56. The Balaban J connectivity index is 2.10. The van der Waals surface area contributed by atoms with Crippen LogP contribution in [0, 0.1) is 6.92 Å². The molecule has 1 heterocycles. The smallest absolute Gasteiger partial charge is 0.159 e. The lowest BCUT2D eigenvalue weighted by Gasteiger charge is -2.06. The molecule has 0 aliphatic heterocycles. The molecule has 2 aromatic rings. The molecule has 5 heteroatoms. The van der Waals surface area contributed by atoms with Crippen molar-refractivity contribution in [3.05, 3.63) is 34.1 Å². The Bertz CT molecular complexity index is 531. The molecule has 1 saturated carbocycles. The fourth-order valence-corrected chi connectivity index (χ4v) is 2.41. The van der Waals surface area contributed by atoms with Gasteiger partial charge in [0.2, 0.25) is 0 Å². The number of aromatic nitrogens is 4. The third kappa shape index (κ3) is 1.65. The van der Waals surface area contributed by atoms with Crippen LogP contribution in [0.2, 0.25) is 0 Å². The maximum Gasteiger partial charge on any atom is 0.159 e. The van der Waals surface area contributed by atoms with E-state index in [2.05, 4.69) is 50.5 Å². The molecular formula is C11H11BrN4. The molecule has 3 rings (SSSR count). The maximum atomic E-state index is 4.10. The van der Waals surface area contributed by atoms with E-state index in [1.165, 1.54) is 18.4 Å². The predicted molar refractivity (Wildman–Crippen MR) is 63.6 cm³/mol. The third-order valence-corrected chi connectivity index (χ3v) is 3.40. The van der Waals surface area contributed by atoms with E-state index >= 15 is 0 Å². The fourth-order valence-electron chi connectivity index (χ4n) is 1.75. The minimum absolute atomic E-state index is 0.545. The summed E-state index contributed by atoms with van der Waals surface area (Å²) in [5.74, 6) is 1.52. The summed E-state index contributed by atoms with van der Waals surface area (Å²) in [7, 11) is 0. The Labute approximate surface area is 102 Å². The minimum Gasteiger partial charge on any atom is -0.196 e. The molecule has 0 saturated heterocycles. The first-order valence-corrected chi connectivity index (χ1v) is 6.10. The highest BCUT2D eigenvalue weighted by Gasteiger charge is 2.30. The van der Waals surface area contributed by atoms with Crippen LogP contribution in [0.1, 0.15) is 30.1 Å². The van der Waals surface area contributed by atoms with Crippen LogP contribution >= 0.6 is 15.9 Å². The van der Waals surface area contributed by atoms with Crippen LogP contribution in [0.5, 0.6) is 0 Å². The van der Waals surface area contributed by atoms with Gasteiger partial charge in [-0.05, 0) is 63.8 Å². The molecule has 0 spiro atoms. The van der Waals surface area contributed by atoms with Gasteiger partial charge in [-0.1, -0.05) is 6.07 Å². The number of aryl methyl sites for hydroxylation is 1. The Kier molecular flexibility index (Phi) is 2.28. The van der Waals surface area contributed by atoms with Crippen LogP contribution in [0.15, 0.2) is 22.7 Å². The second-order valence-electron chi connectivity index (χ2n) is 4.18. The molecule has 1 fully saturated rings. The van der Waals surface area contributed by atoms with Gasteiger partial charge in [-0.25, -0.2) is 0 Å². The lowest BCUT2D eigenvalue weighted by Crippen LogP contribution is -2.03. The molecule has 4 nitrogen and oxygen atoms in total. The Morgan fingerprint density at radius 1 is 1.38 bits per heavy atom. The summed E-state index contributed by atoms with van der Waals surface area (Å²) < 4.78 is 2.86. The molecule has 1 aromatic heterocycles. The first-order chi connectivity index (χ1) is 7.75. The second-order valence-corrected chi connectivity index (χ2v) is 5.03. The largest absolute Gasteiger partial charge is 0.196 e. The molecule has 0 radical (unpaired) electrons. The van der Waals surface area contributed by atoms with Gasteiger partial charge < -0.3 is 0 Å². The Hall–Kier alpha value is -1.23. The number of halogens is 1. The summed E-state index contributed by atoms with van der Waals surface area (Å²) in [5.41, 5.74) is 2.23. The summed E-state index contributed by atoms with van der Waals surface area (Å²) in [6.45, 7) is 2.07. The quantitative estimate of drug-likeness (QED) is 0.848. The highest BCUT2D eigenvalue weighted by atomic mass is 79.9. The van der Waals surface area contributed by atoms with E-state index in [9.17, 15) is 0 Å². The van der Waals surface area contributed by atoms with Crippen molar-refractivity contribution in [1.82, 2.24) is 20.2 Å². The van der Waals surface area contributed by atoms with Gasteiger partial charge in [-0.15, -0.1) is 5.10 Å². The van der Waals surface area contributed by atoms with Crippen molar-refractivity contribution in [2.24, 2.45) is 0 Å². The maximum absolute atomic E-state index is 4.10. The topological polar surface area (TPSA) is 43.6 Å². The minimum atomic E-state index is 0.545. The lowest BCUT2D eigenvalue weighted by atomic mass is 10.2. The first kappa shape index (κ1) is 9.96. The molecule has 1 aliphatic carbocycles. The van der Waals surface area contributed by atoms with Gasteiger partial charge in [0.25, 0.3) is 0 Å². The SMILES string of the molecule is Cc1ccc(-n2nnnc2C2CC2)c(Br)c1. The fraction of sp³-hybridized carbons (Fsp3) is 0.364. The van der Waals surface area contributed by atoms with Crippen LogP contribution in [-0.2, 0) is 0 Å². The molecular weight excluding hydrogens is 268 g/mol. The Morgan fingerprint density at radius 2 is 2.19 bits per heavy atom. The zero-order valence-electron chi connectivity index (χ0n) is 8.89. The van der Waals surface area contributed by atoms with Gasteiger partial charge in [0, 0.05) is 10.4 Å². The zero-order valence-corrected chi connectivity index (χ0v) is 10.5. The number of rotatable bonds is 2.